The highest BCUT2D eigenvalue weighted by Crippen LogP contribution is 2.22. The van der Waals surface area contributed by atoms with Gasteiger partial charge < -0.3 is 4.98 Å². The molecule has 3 heterocycles. The number of aromatic amines is 1. The number of hydrogen-bond acceptors (Lipinski definition) is 6. The van der Waals surface area contributed by atoms with Crippen molar-refractivity contribution in [3.63, 3.8) is 0 Å². The number of benzene rings is 2. The van der Waals surface area contributed by atoms with E-state index in [0.717, 1.165) is 16.6 Å². The maximum Gasteiger partial charge on any atom is 0.333 e. The van der Waals surface area contributed by atoms with Gasteiger partial charge in [0, 0.05) is 30.4 Å². The fourth-order valence-corrected chi connectivity index (χ4v) is 5.93. The van der Waals surface area contributed by atoms with Crippen molar-refractivity contribution in [3.8, 4) is 0 Å². The fraction of sp³-hybridized carbons (Fsp3) is 0.214. The molecule has 212 valence electrons. The Morgan fingerprint density at radius 1 is 1.02 bits per heavy atom. The molecule has 0 bridgehead atoms. The van der Waals surface area contributed by atoms with Crippen LogP contribution in [0.2, 0.25) is 5.15 Å². The number of pyridine rings is 1. The number of halogens is 2. The molecule has 41 heavy (non-hydrogen) atoms. The topological polar surface area (TPSA) is 132 Å². The number of imidazole rings is 1. The molecule has 0 spiro atoms. The summed E-state index contributed by atoms with van der Waals surface area (Å²) < 4.78 is 44.7. The molecule has 0 atom stereocenters. The van der Waals surface area contributed by atoms with Gasteiger partial charge in [-0.05, 0) is 42.3 Å². The molecule has 5 aromatic rings. The van der Waals surface area contributed by atoms with Crippen molar-refractivity contribution < 1.29 is 12.8 Å². The molecule has 0 aliphatic carbocycles. The second kappa shape index (κ2) is 11.7. The molecule has 3 aromatic heterocycles. The quantitative estimate of drug-likeness (QED) is 0.231. The van der Waals surface area contributed by atoms with Gasteiger partial charge in [0.25, 0.3) is 15.6 Å². The van der Waals surface area contributed by atoms with Gasteiger partial charge in [-0.25, -0.2) is 27.6 Å². The zero-order valence-electron chi connectivity index (χ0n) is 22.0. The number of fused-ring (bicyclic) bond motifs is 1. The summed E-state index contributed by atoms with van der Waals surface area (Å²) in [5, 5.41) is -0.133. The lowest BCUT2D eigenvalue weighted by Gasteiger charge is -2.11. The van der Waals surface area contributed by atoms with Gasteiger partial charge in [-0.15, -0.1) is 0 Å². The molecule has 0 radical (unpaired) electrons. The summed E-state index contributed by atoms with van der Waals surface area (Å²) in [7, 11) is -3.94. The molecule has 10 nitrogen and oxygen atoms in total. The van der Waals surface area contributed by atoms with Gasteiger partial charge in [0.1, 0.15) is 27.2 Å². The van der Waals surface area contributed by atoms with Crippen molar-refractivity contribution in [2.45, 2.75) is 44.2 Å². The summed E-state index contributed by atoms with van der Waals surface area (Å²) in [6.45, 7) is 2.13. The van der Waals surface area contributed by atoms with Gasteiger partial charge in [-0.1, -0.05) is 55.3 Å². The number of nitrogens with one attached hydrogen (secondary N) is 2. The standard InChI is InChI=1S/C28H26ClFN6O4S/c1-2-3-15-35-26-24(27(37)36(28(35)38)17-19-7-4-5-8-21(19)30)32-23(33-26)16-18-10-12-20(13-11-18)34-41(39,40)22-9-6-14-31-25(22)29/h4-14,34H,2-3,15-17H2,1H3,(H,32,33). The summed E-state index contributed by atoms with van der Waals surface area (Å²) in [4.78, 5) is 38.0. The lowest BCUT2D eigenvalue weighted by Crippen LogP contribution is -2.40. The van der Waals surface area contributed by atoms with Crippen LogP contribution in [0.4, 0.5) is 10.1 Å². The van der Waals surface area contributed by atoms with E-state index < -0.39 is 27.1 Å². The zero-order valence-corrected chi connectivity index (χ0v) is 23.5. The Morgan fingerprint density at radius 3 is 2.49 bits per heavy atom. The summed E-state index contributed by atoms with van der Waals surface area (Å²) in [6.07, 6.45) is 3.19. The number of rotatable bonds is 10. The number of anilines is 1. The lowest BCUT2D eigenvalue weighted by atomic mass is 10.1. The molecule has 0 aliphatic rings. The van der Waals surface area contributed by atoms with Crippen LogP contribution < -0.4 is 16.0 Å². The molecule has 2 N–H and O–H groups in total. The molecule has 2 aromatic carbocycles. The van der Waals surface area contributed by atoms with Crippen molar-refractivity contribution in [1.29, 1.82) is 0 Å². The Kier molecular flexibility index (Phi) is 8.04. The number of unbranched alkanes of at least 4 members (excludes halogenated alkanes) is 1. The Hall–Kier alpha value is -4.29. The third-order valence-corrected chi connectivity index (χ3v) is 8.35. The Labute approximate surface area is 239 Å². The Bertz CT molecular complexity index is 1950. The van der Waals surface area contributed by atoms with Crippen molar-refractivity contribution >= 4 is 38.5 Å². The minimum absolute atomic E-state index is 0.133. The minimum Gasteiger partial charge on any atom is -0.336 e. The monoisotopic (exact) mass is 596 g/mol. The van der Waals surface area contributed by atoms with Gasteiger partial charge >= 0.3 is 5.69 Å². The molecule has 0 saturated heterocycles. The maximum absolute atomic E-state index is 14.3. The van der Waals surface area contributed by atoms with Gasteiger partial charge in [-0.3, -0.25) is 18.7 Å². The van der Waals surface area contributed by atoms with E-state index in [4.69, 9.17) is 11.6 Å². The van der Waals surface area contributed by atoms with Crippen LogP contribution in [0.15, 0.2) is 81.3 Å². The summed E-state index contributed by atoms with van der Waals surface area (Å²) >= 11 is 5.94. The normalized spacial score (nSPS) is 11.7. The number of hydrogen-bond donors (Lipinski definition) is 2. The average molecular weight is 597 g/mol. The van der Waals surface area contributed by atoms with E-state index in [2.05, 4.69) is 19.7 Å². The van der Waals surface area contributed by atoms with Gasteiger partial charge in [0.2, 0.25) is 0 Å². The van der Waals surface area contributed by atoms with Crippen LogP contribution in [0.3, 0.4) is 0 Å². The summed E-state index contributed by atoms with van der Waals surface area (Å²) in [5.41, 5.74) is 0.592. The molecular formula is C28H26ClFN6O4S. The predicted octanol–water partition coefficient (Wildman–Crippen LogP) is 4.31. The molecule has 0 unspecified atom stereocenters. The van der Waals surface area contributed by atoms with Crippen LogP contribution in [-0.2, 0) is 29.5 Å². The summed E-state index contributed by atoms with van der Waals surface area (Å²) in [5.74, 6) is -0.0561. The number of H-pyrrole nitrogens is 1. The molecule has 13 heteroatoms. The van der Waals surface area contributed by atoms with Crippen LogP contribution in [0.5, 0.6) is 0 Å². The first kappa shape index (κ1) is 28.2. The third-order valence-electron chi connectivity index (χ3n) is 6.52. The van der Waals surface area contributed by atoms with E-state index in [1.54, 1.807) is 36.4 Å². The smallest absolute Gasteiger partial charge is 0.333 e. The highest BCUT2D eigenvalue weighted by Gasteiger charge is 2.20. The first-order valence-electron chi connectivity index (χ1n) is 12.9. The van der Waals surface area contributed by atoms with Crippen molar-refractivity contribution in [2.75, 3.05) is 4.72 Å². The lowest BCUT2D eigenvalue weighted by molar-refractivity contribution is 0.553. The molecule has 5 rings (SSSR count). The second-order valence-electron chi connectivity index (χ2n) is 9.42. The first-order valence-corrected chi connectivity index (χ1v) is 14.7. The molecule has 0 aliphatic heterocycles. The van der Waals surface area contributed by atoms with Crippen LogP contribution in [0.25, 0.3) is 11.2 Å². The van der Waals surface area contributed by atoms with E-state index >= 15 is 0 Å². The van der Waals surface area contributed by atoms with E-state index in [1.165, 1.54) is 35.0 Å². The average Bonchev–Trinajstić information content (AvgIpc) is 3.37. The summed E-state index contributed by atoms with van der Waals surface area (Å²) in [6, 6.07) is 15.5. The maximum atomic E-state index is 14.3. The van der Waals surface area contributed by atoms with Gasteiger partial charge in [0.05, 0.1) is 6.54 Å². The number of nitrogens with zero attached hydrogens (tertiary/aromatic N) is 4. The first-order chi connectivity index (χ1) is 19.7. The van der Waals surface area contributed by atoms with Crippen molar-refractivity contribution in [2.24, 2.45) is 0 Å². The van der Waals surface area contributed by atoms with Crippen molar-refractivity contribution in [1.82, 2.24) is 24.1 Å². The van der Waals surface area contributed by atoms with Crippen LogP contribution in [0, 0.1) is 5.82 Å². The van der Waals surface area contributed by atoms with Crippen LogP contribution in [0.1, 0.15) is 36.7 Å². The number of sulfonamides is 1. The third kappa shape index (κ3) is 5.93. The van der Waals surface area contributed by atoms with Gasteiger partial charge in [-0.2, -0.15) is 0 Å². The Balaban J connectivity index is 1.44. The van der Waals surface area contributed by atoms with E-state index in [9.17, 15) is 22.4 Å². The van der Waals surface area contributed by atoms with Gasteiger partial charge in [0.15, 0.2) is 5.65 Å². The van der Waals surface area contributed by atoms with Crippen LogP contribution >= 0.6 is 11.6 Å². The van der Waals surface area contributed by atoms with Crippen molar-refractivity contribution in [3.05, 3.63) is 116 Å². The number of aryl methyl sites for hydroxylation is 1. The number of aromatic nitrogens is 5. The SMILES string of the molecule is CCCCn1c(=O)n(Cc2ccccc2F)c(=O)c2[nH]c(Cc3ccc(NS(=O)(=O)c4cccnc4Cl)cc3)nc21. The fourth-order valence-electron chi connectivity index (χ4n) is 4.42. The molecule has 0 saturated carbocycles. The molecule has 0 amide bonds. The van der Waals surface area contributed by atoms with E-state index in [-0.39, 0.29) is 39.7 Å². The van der Waals surface area contributed by atoms with Crippen LogP contribution in [-0.4, -0.2) is 32.5 Å². The second-order valence-corrected chi connectivity index (χ2v) is 11.4. The van der Waals surface area contributed by atoms with E-state index in [1.807, 2.05) is 6.92 Å². The largest absolute Gasteiger partial charge is 0.336 e. The minimum atomic E-state index is -3.94. The van der Waals surface area contributed by atoms with E-state index in [0.29, 0.717) is 24.5 Å². The zero-order chi connectivity index (χ0) is 29.1. The predicted molar refractivity (Wildman–Crippen MR) is 154 cm³/mol. The molecule has 0 fully saturated rings. The highest BCUT2D eigenvalue weighted by atomic mass is 35.5. The highest BCUT2D eigenvalue weighted by molar-refractivity contribution is 7.92. The Morgan fingerprint density at radius 2 is 1.78 bits per heavy atom. The molecular weight excluding hydrogens is 571 g/mol.